The quantitative estimate of drug-likeness (QED) is 0.457. The third-order valence-corrected chi connectivity index (χ3v) is 6.36. The number of benzene rings is 1. The van der Waals surface area contributed by atoms with Crippen molar-refractivity contribution in [2.24, 2.45) is 0 Å². The SMILES string of the molecule is CC(C)OCCNc1ccc(-n2ncc3c(=O)n(CC4(O)CCN(C(=O)N(C)C)CC4)cnc32)cc1. The van der Waals surface area contributed by atoms with Crippen LogP contribution in [0.15, 0.2) is 41.6 Å². The number of hydrogen-bond donors (Lipinski definition) is 2. The highest BCUT2D eigenvalue weighted by Gasteiger charge is 2.35. The van der Waals surface area contributed by atoms with Crippen molar-refractivity contribution in [1.29, 1.82) is 0 Å². The van der Waals surface area contributed by atoms with Gasteiger partial charge in [0.1, 0.15) is 11.7 Å². The summed E-state index contributed by atoms with van der Waals surface area (Å²) in [5, 5.41) is 19.2. The second kappa shape index (κ2) is 10.7. The van der Waals surface area contributed by atoms with Crippen molar-refractivity contribution in [2.45, 2.75) is 44.9 Å². The van der Waals surface area contributed by atoms with Crippen LogP contribution < -0.4 is 10.9 Å². The lowest BCUT2D eigenvalue weighted by atomic mass is 9.91. The Bertz CT molecular complexity index is 1240. The molecule has 11 heteroatoms. The van der Waals surface area contributed by atoms with Gasteiger partial charge in [-0.05, 0) is 51.0 Å². The van der Waals surface area contributed by atoms with Gasteiger partial charge >= 0.3 is 6.03 Å². The number of carbonyl (C=O) groups excluding carboxylic acids is 1. The number of ether oxygens (including phenoxy) is 1. The number of rotatable bonds is 8. The summed E-state index contributed by atoms with van der Waals surface area (Å²) in [6.07, 6.45) is 3.96. The molecule has 2 amide bonds. The minimum atomic E-state index is -1.08. The molecule has 2 N–H and O–H groups in total. The van der Waals surface area contributed by atoms with E-state index in [4.69, 9.17) is 4.74 Å². The fraction of sp³-hybridized carbons (Fsp3) is 0.520. The van der Waals surface area contributed by atoms with Crippen LogP contribution in [0.25, 0.3) is 16.7 Å². The monoisotopic (exact) mass is 497 g/mol. The summed E-state index contributed by atoms with van der Waals surface area (Å²) < 4.78 is 8.61. The third kappa shape index (κ3) is 5.68. The minimum Gasteiger partial charge on any atom is -0.388 e. The maximum atomic E-state index is 13.2. The van der Waals surface area contributed by atoms with Crippen LogP contribution in [0, 0.1) is 0 Å². The summed E-state index contributed by atoms with van der Waals surface area (Å²) in [7, 11) is 3.42. The van der Waals surface area contributed by atoms with Crippen molar-refractivity contribution < 1.29 is 14.6 Å². The normalized spacial score (nSPS) is 15.4. The molecule has 0 saturated carbocycles. The first-order valence-electron chi connectivity index (χ1n) is 12.2. The molecule has 3 heterocycles. The van der Waals surface area contributed by atoms with E-state index in [0.29, 0.717) is 50.1 Å². The summed E-state index contributed by atoms with van der Waals surface area (Å²) in [5.74, 6) is 0. The van der Waals surface area contributed by atoms with Crippen molar-refractivity contribution in [1.82, 2.24) is 29.1 Å². The number of likely N-dealkylation sites (tertiary alicyclic amines) is 1. The molecular formula is C25H35N7O4. The van der Waals surface area contributed by atoms with Crippen molar-refractivity contribution in [3.05, 3.63) is 47.1 Å². The first-order valence-corrected chi connectivity index (χ1v) is 12.2. The topological polar surface area (TPSA) is 118 Å². The predicted molar refractivity (Wildman–Crippen MR) is 138 cm³/mol. The van der Waals surface area contributed by atoms with Gasteiger partial charge in [0.25, 0.3) is 5.56 Å². The molecule has 2 aromatic heterocycles. The largest absolute Gasteiger partial charge is 0.388 e. The summed E-state index contributed by atoms with van der Waals surface area (Å²) in [4.78, 5) is 33.1. The van der Waals surface area contributed by atoms with Gasteiger partial charge in [0.05, 0.1) is 36.7 Å². The van der Waals surface area contributed by atoms with E-state index in [-0.39, 0.29) is 24.2 Å². The van der Waals surface area contributed by atoms with Crippen molar-refractivity contribution in [3.63, 3.8) is 0 Å². The fourth-order valence-electron chi connectivity index (χ4n) is 4.33. The Morgan fingerprint density at radius 1 is 1.22 bits per heavy atom. The number of aromatic nitrogens is 4. The molecule has 4 rings (SSSR count). The van der Waals surface area contributed by atoms with Crippen LogP contribution in [0.3, 0.4) is 0 Å². The molecular weight excluding hydrogens is 462 g/mol. The number of urea groups is 1. The highest BCUT2D eigenvalue weighted by molar-refractivity contribution is 5.75. The van der Waals surface area contributed by atoms with E-state index in [0.717, 1.165) is 11.4 Å². The van der Waals surface area contributed by atoms with Gasteiger partial charge in [-0.1, -0.05) is 0 Å². The zero-order chi connectivity index (χ0) is 25.9. The number of anilines is 1. The number of nitrogens with one attached hydrogen (secondary N) is 1. The van der Waals surface area contributed by atoms with Crippen LogP contribution in [0.4, 0.5) is 10.5 Å². The van der Waals surface area contributed by atoms with Gasteiger partial charge in [0, 0.05) is 39.4 Å². The van der Waals surface area contributed by atoms with Gasteiger partial charge in [0.15, 0.2) is 5.65 Å². The first-order chi connectivity index (χ1) is 17.2. The van der Waals surface area contributed by atoms with Crippen LogP contribution in [0.1, 0.15) is 26.7 Å². The number of piperidine rings is 1. The van der Waals surface area contributed by atoms with Gasteiger partial charge in [0.2, 0.25) is 0 Å². The lowest BCUT2D eigenvalue weighted by Gasteiger charge is -2.39. The third-order valence-electron chi connectivity index (χ3n) is 6.36. The van der Waals surface area contributed by atoms with Crippen LogP contribution >= 0.6 is 0 Å². The second-order valence-corrected chi connectivity index (χ2v) is 9.75. The smallest absolute Gasteiger partial charge is 0.319 e. The Balaban J connectivity index is 1.45. The summed E-state index contributed by atoms with van der Waals surface area (Å²) in [6, 6.07) is 7.65. The van der Waals surface area contributed by atoms with Gasteiger partial charge in [-0.25, -0.2) is 14.5 Å². The highest BCUT2D eigenvalue weighted by Crippen LogP contribution is 2.25. The fourth-order valence-corrected chi connectivity index (χ4v) is 4.33. The average Bonchev–Trinajstić information content (AvgIpc) is 3.29. The number of hydrogen-bond acceptors (Lipinski definition) is 7. The van der Waals surface area contributed by atoms with Crippen molar-refractivity contribution >= 4 is 22.8 Å². The van der Waals surface area contributed by atoms with Crippen LogP contribution in [-0.2, 0) is 11.3 Å². The molecule has 0 unspecified atom stereocenters. The molecule has 0 atom stereocenters. The van der Waals surface area contributed by atoms with Crippen LogP contribution in [0.2, 0.25) is 0 Å². The molecule has 1 aliphatic heterocycles. The van der Waals surface area contributed by atoms with Crippen molar-refractivity contribution in [2.75, 3.05) is 45.7 Å². The molecule has 36 heavy (non-hydrogen) atoms. The average molecular weight is 498 g/mol. The summed E-state index contributed by atoms with van der Waals surface area (Å²) in [5.41, 5.74) is 0.872. The number of fused-ring (bicyclic) bond motifs is 1. The van der Waals surface area contributed by atoms with E-state index < -0.39 is 5.60 Å². The second-order valence-electron chi connectivity index (χ2n) is 9.75. The molecule has 0 radical (unpaired) electrons. The maximum Gasteiger partial charge on any atom is 0.319 e. The van der Waals surface area contributed by atoms with E-state index in [1.54, 1.807) is 23.7 Å². The maximum absolute atomic E-state index is 13.2. The van der Waals surface area contributed by atoms with Gasteiger partial charge in [-0.15, -0.1) is 0 Å². The molecule has 0 spiro atoms. The first kappa shape index (κ1) is 25.6. The van der Waals surface area contributed by atoms with E-state index in [9.17, 15) is 14.7 Å². The Morgan fingerprint density at radius 2 is 1.92 bits per heavy atom. The zero-order valence-corrected chi connectivity index (χ0v) is 21.3. The number of carbonyl (C=O) groups is 1. The molecule has 194 valence electrons. The van der Waals surface area contributed by atoms with Crippen LogP contribution in [0.5, 0.6) is 0 Å². The molecule has 0 aliphatic carbocycles. The zero-order valence-electron chi connectivity index (χ0n) is 21.3. The van der Waals surface area contributed by atoms with E-state index in [1.807, 2.05) is 38.1 Å². The summed E-state index contributed by atoms with van der Waals surface area (Å²) in [6.45, 7) is 6.34. The Labute approximate surface area is 210 Å². The molecule has 3 aromatic rings. The lowest BCUT2D eigenvalue weighted by Crippen LogP contribution is -2.51. The van der Waals surface area contributed by atoms with Gasteiger partial charge in [-0.2, -0.15) is 5.10 Å². The van der Waals surface area contributed by atoms with Crippen LogP contribution in [-0.4, -0.2) is 92.3 Å². The van der Waals surface area contributed by atoms with E-state index in [2.05, 4.69) is 15.4 Å². The lowest BCUT2D eigenvalue weighted by molar-refractivity contribution is -0.0282. The van der Waals surface area contributed by atoms with Gasteiger partial charge in [-0.3, -0.25) is 9.36 Å². The summed E-state index contributed by atoms with van der Waals surface area (Å²) >= 11 is 0. The molecule has 1 aromatic carbocycles. The standard InChI is InChI=1S/C25H35N7O4/c1-18(2)36-14-11-26-19-5-7-20(8-6-19)32-22-21(15-28-32)23(33)31(17-27-22)16-25(35)9-12-30(13-10-25)24(34)29(3)4/h5-8,15,17-18,26,35H,9-14,16H2,1-4H3. The Hall–Kier alpha value is -3.44. The van der Waals surface area contributed by atoms with E-state index in [1.165, 1.54) is 22.0 Å². The minimum absolute atomic E-state index is 0.0753. The van der Waals surface area contributed by atoms with E-state index >= 15 is 0 Å². The molecule has 1 saturated heterocycles. The number of aliphatic hydroxyl groups is 1. The molecule has 11 nitrogen and oxygen atoms in total. The Morgan fingerprint density at radius 3 is 2.56 bits per heavy atom. The molecule has 1 aliphatic rings. The predicted octanol–water partition coefficient (Wildman–Crippen LogP) is 1.93. The Kier molecular flexibility index (Phi) is 7.60. The highest BCUT2D eigenvalue weighted by atomic mass is 16.5. The van der Waals surface area contributed by atoms with Gasteiger partial charge < -0.3 is 25.0 Å². The number of amides is 2. The molecule has 0 bridgehead atoms. The molecule has 1 fully saturated rings. The number of nitrogens with zero attached hydrogens (tertiary/aromatic N) is 6. The van der Waals surface area contributed by atoms with Crippen molar-refractivity contribution in [3.8, 4) is 5.69 Å².